The Hall–Kier alpha value is -2.69. The number of benzene rings is 1. The second-order valence-electron chi connectivity index (χ2n) is 4.25. The Kier molecular flexibility index (Phi) is 4.44. The van der Waals surface area contributed by atoms with Crippen molar-refractivity contribution >= 4 is 11.9 Å². The lowest BCUT2D eigenvalue weighted by Crippen LogP contribution is -2.34. The third-order valence-electron chi connectivity index (χ3n) is 2.82. The normalized spacial score (nSPS) is 11.6. The van der Waals surface area contributed by atoms with Crippen LogP contribution in [0.5, 0.6) is 0 Å². The van der Waals surface area contributed by atoms with Crippen molar-refractivity contribution in [2.45, 2.75) is 12.5 Å². The second-order valence-corrected chi connectivity index (χ2v) is 4.25. The molecule has 5 nitrogen and oxygen atoms in total. The number of carboxylic acids is 1. The van der Waals surface area contributed by atoms with Crippen LogP contribution >= 0.6 is 0 Å². The van der Waals surface area contributed by atoms with Gasteiger partial charge in [-0.3, -0.25) is 9.78 Å². The summed E-state index contributed by atoms with van der Waals surface area (Å²) in [5.41, 5.74) is 1.15. The van der Waals surface area contributed by atoms with E-state index in [-0.39, 0.29) is 12.3 Å². The van der Waals surface area contributed by atoms with E-state index in [4.69, 9.17) is 0 Å². The summed E-state index contributed by atoms with van der Waals surface area (Å²) in [6.45, 7) is 0. The van der Waals surface area contributed by atoms with Gasteiger partial charge in [-0.05, 0) is 17.7 Å². The summed E-state index contributed by atoms with van der Waals surface area (Å²) in [4.78, 5) is 26.7. The van der Waals surface area contributed by atoms with Gasteiger partial charge < -0.3 is 15.2 Å². The van der Waals surface area contributed by atoms with Crippen LogP contribution in [-0.2, 0) is 4.79 Å². The highest BCUT2D eigenvalue weighted by Crippen LogP contribution is 2.16. The molecule has 1 N–H and O–H groups in total. The highest BCUT2D eigenvalue weighted by atomic mass is 16.4. The Morgan fingerprint density at radius 1 is 1.10 bits per heavy atom. The SMILES string of the molecule is O=C([O-])C[C@@H](NC(=O)c1ccncc1)c1ccccc1. The number of hydrogen-bond donors (Lipinski definition) is 1. The van der Waals surface area contributed by atoms with Crippen molar-refractivity contribution in [1.82, 2.24) is 10.3 Å². The highest BCUT2D eigenvalue weighted by molar-refractivity contribution is 5.94. The smallest absolute Gasteiger partial charge is 0.251 e. The van der Waals surface area contributed by atoms with Gasteiger partial charge in [-0.1, -0.05) is 30.3 Å². The maximum Gasteiger partial charge on any atom is 0.251 e. The zero-order chi connectivity index (χ0) is 14.4. The number of carbonyl (C=O) groups excluding carboxylic acids is 2. The van der Waals surface area contributed by atoms with E-state index in [1.807, 2.05) is 6.07 Å². The van der Waals surface area contributed by atoms with Crippen LogP contribution in [0, 0.1) is 0 Å². The minimum Gasteiger partial charge on any atom is -0.550 e. The summed E-state index contributed by atoms with van der Waals surface area (Å²) in [7, 11) is 0. The number of pyridine rings is 1. The van der Waals surface area contributed by atoms with Gasteiger partial charge in [-0.2, -0.15) is 0 Å². The Labute approximate surface area is 116 Å². The van der Waals surface area contributed by atoms with E-state index in [1.165, 1.54) is 12.4 Å². The monoisotopic (exact) mass is 269 g/mol. The molecule has 0 aliphatic rings. The van der Waals surface area contributed by atoms with Gasteiger partial charge in [-0.15, -0.1) is 0 Å². The van der Waals surface area contributed by atoms with Gasteiger partial charge in [0.2, 0.25) is 0 Å². The Morgan fingerprint density at radius 3 is 2.35 bits per heavy atom. The summed E-state index contributed by atoms with van der Waals surface area (Å²) in [5.74, 6) is -1.56. The van der Waals surface area contributed by atoms with Gasteiger partial charge in [0.1, 0.15) is 0 Å². The van der Waals surface area contributed by atoms with E-state index in [2.05, 4.69) is 10.3 Å². The van der Waals surface area contributed by atoms with E-state index in [0.29, 0.717) is 5.56 Å². The maximum absolute atomic E-state index is 12.1. The lowest BCUT2D eigenvalue weighted by Gasteiger charge is -2.19. The molecule has 0 fully saturated rings. The number of carboxylic acid groups (broad SMARTS) is 1. The molecule has 0 saturated carbocycles. The largest absolute Gasteiger partial charge is 0.550 e. The first-order valence-corrected chi connectivity index (χ1v) is 6.12. The van der Waals surface area contributed by atoms with Crippen molar-refractivity contribution in [1.29, 1.82) is 0 Å². The standard InChI is InChI=1S/C15H14N2O3/c18-14(19)10-13(11-4-2-1-3-5-11)17-15(20)12-6-8-16-9-7-12/h1-9,13H,10H2,(H,17,20)(H,18,19)/p-1/t13-/m1/s1. The molecule has 0 saturated heterocycles. The number of rotatable bonds is 5. The van der Waals surface area contributed by atoms with Crippen molar-refractivity contribution in [3.8, 4) is 0 Å². The molecule has 0 aliphatic heterocycles. The lowest BCUT2D eigenvalue weighted by molar-refractivity contribution is -0.306. The zero-order valence-corrected chi connectivity index (χ0v) is 10.7. The van der Waals surface area contributed by atoms with Gasteiger partial charge in [-0.25, -0.2) is 0 Å². The predicted molar refractivity (Wildman–Crippen MR) is 70.5 cm³/mol. The van der Waals surface area contributed by atoms with Crippen molar-refractivity contribution in [3.05, 3.63) is 66.0 Å². The zero-order valence-electron chi connectivity index (χ0n) is 10.7. The lowest BCUT2D eigenvalue weighted by atomic mass is 10.0. The predicted octanol–water partition coefficient (Wildman–Crippen LogP) is 0.693. The van der Waals surface area contributed by atoms with Crippen LogP contribution < -0.4 is 10.4 Å². The van der Waals surface area contributed by atoms with Crippen LogP contribution in [0.25, 0.3) is 0 Å². The van der Waals surface area contributed by atoms with E-state index in [1.54, 1.807) is 36.4 Å². The van der Waals surface area contributed by atoms with Crippen LogP contribution in [-0.4, -0.2) is 16.9 Å². The first-order valence-electron chi connectivity index (χ1n) is 6.12. The Balaban J connectivity index is 2.16. The maximum atomic E-state index is 12.1. The molecule has 0 bridgehead atoms. The highest BCUT2D eigenvalue weighted by Gasteiger charge is 2.15. The number of amides is 1. The summed E-state index contributed by atoms with van der Waals surface area (Å²) >= 11 is 0. The summed E-state index contributed by atoms with van der Waals surface area (Å²) in [5, 5.41) is 13.5. The second kappa shape index (κ2) is 6.47. The number of nitrogens with one attached hydrogen (secondary N) is 1. The van der Waals surface area contributed by atoms with Crippen LogP contribution in [0.4, 0.5) is 0 Å². The van der Waals surface area contributed by atoms with Crippen molar-refractivity contribution in [3.63, 3.8) is 0 Å². The first kappa shape index (κ1) is 13.7. The minimum absolute atomic E-state index is 0.277. The summed E-state index contributed by atoms with van der Waals surface area (Å²) in [6, 6.07) is 11.4. The van der Waals surface area contributed by atoms with E-state index in [9.17, 15) is 14.7 Å². The molecule has 0 spiro atoms. The third kappa shape index (κ3) is 3.65. The molecule has 0 aliphatic carbocycles. The molecule has 0 unspecified atom stereocenters. The summed E-state index contributed by atoms with van der Waals surface area (Å²) in [6.07, 6.45) is 2.73. The molecular formula is C15H13N2O3-. The fourth-order valence-corrected chi connectivity index (χ4v) is 1.85. The molecule has 20 heavy (non-hydrogen) atoms. The van der Waals surface area contributed by atoms with E-state index < -0.39 is 12.0 Å². The fourth-order valence-electron chi connectivity index (χ4n) is 1.85. The average Bonchev–Trinajstić information content (AvgIpc) is 2.48. The van der Waals surface area contributed by atoms with Gasteiger partial charge in [0.25, 0.3) is 5.91 Å². The Morgan fingerprint density at radius 2 is 1.75 bits per heavy atom. The molecule has 2 aromatic rings. The number of aromatic nitrogens is 1. The van der Waals surface area contributed by atoms with Crippen LogP contribution in [0.2, 0.25) is 0 Å². The van der Waals surface area contributed by atoms with Crippen molar-refractivity contribution < 1.29 is 14.7 Å². The van der Waals surface area contributed by atoms with Gasteiger partial charge >= 0.3 is 0 Å². The van der Waals surface area contributed by atoms with Gasteiger partial charge in [0.05, 0.1) is 6.04 Å². The third-order valence-corrected chi connectivity index (χ3v) is 2.82. The molecule has 1 aromatic carbocycles. The van der Waals surface area contributed by atoms with Crippen LogP contribution in [0.3, 0.4) is 0 Å². The first-order chi connectivity index (χ1) is 9.66. The number of hydrogen-bond acceptors (Lipinski definition) is 4. The summed E-state index contributed by atoms with van der Waals surface area (Å²) < 4.78 is 0. The number of nitrogens with zero attached hydrogens (tertiary/aromatic N) is 1. The average molecular weight is 269 g/mol. The molecule has 2 rings (SSSR count). The van der Waals surface area contributed by atoms with E-state index in [0.717, 1.165) is 5.56 Å². The molecular weight excluding hydrogens is 256 g/mol. The van der Waals surface area contributed by atoms with Gasteiger partial charge in [0, 0.05) is 30.3 Å². The quantitative estimate of drug-likeness (QED) is 0.866. The number of aliphatic carboxylic acids is 1. The van der Waals surface area contributed by atoms with Crippen molar-refractivity contribution in [2.75, 3.05) is 0 Å². The van der Waals surface area contributed by atoms with E-state index >= 15 is 0 Å². The van der Waals surface area contributed by atoms with Crippen molar-refractivity contribution in [2.24, 2.45) is 0 Å². The number of carbonyl (C=O) groups is 2. The molecule has 1 atom stereocenters. The fraction of sp³-hybridized carbons (Fsp3) is 0.133. The molecule has 1 heterocycles. The Bertz CT molecular complexity index is 585. The topological polar surface area (TPSA) is 82.1 Å². The molecule has 1 aromatic heterocycles. The van der Waals surface area contributed by atoms with Crippen LogP contribution in [0.1, 0.15) is 28.4 Å². The molecule has 5 heteroatoms. The van der Waals surface area contributed by atoms with Gasteiger partial charge in [0.15, 0.2) is 0 Å². The van der Waals surface area contributed by atoms with Crippen LogP contribution in [0.15, 0.2) is 54.9 Å². The minimum atomic E-state index is -1.21. The molecule has 102 valence electrons. The molecule has 0 radical (unpaired) electrons. The molecule has 1 amide bonds.